The zero-order chi connectivity index (χ0) is 14.4. The summed E-state index contributed by atoms with van der Waals surface area (Å²) in [5, 5.41) is 11.9. The Morgan fingerprint density at radius 1 is 1.42 bits per heavy atom. The predicted octanol–water partition coefficient (Wildman–Crippen LogP) is 1.95. The number of methoxy groups -OCH3 is 1. The Labute approximate surface area is 114 Å². The van der Waals surface area contributed by atoms with Gasteiger partial charge in [-0.25, -0.2) is 0 Å². The van der Waals surface area contributed by atoms with Gasteiger partial charge >= 0.3 is 0 Å². The molecule has 0 aromatic heterocycles. The molecule has 1 unspecified atom stereocenters. The Morgan fingerprint density at radius 2 is 2.11 bits per heavy atom. The lowest BCUT2D eigenvalue weighted by molar-refractivity contribution is -0.126. The maximum Gasteiger partial charge on any atom is 0.225 e. The van der Waals surface area contributed by atoms with Gasteiger partial charge < -0.3 is 15.2 Å². The number of carbonyl (C=O) groups excluding carboxylic acids is 1. The van der Waals surface area contributed by atoms with Gasteiger partial charge in [0.1, 0.15) is 5.75 Å². The number of rotatable bonds is 6. The SMILES string of the molecule is CCC(CO)C(=O)NCc1cc(C)cc(C)c1OC. The van der Waals surface area contributed by atoms with E-state index >= 15 is 0 Å². The molecule has 0 radical (unpaired) electrons. The summed E-state index contributed by atoms with van der Waals surface area (Å²) in [4.78, 5) is 11.8. The van der Waals surface area contributed by atoms with Crippen molar-refractivity contribution < 1.29 is 14.6 Å². The molecule has 4 nitrogen and oxygen atoms in total. The number of aryl methyl sites for hydroxylation is 2. The minimum absolute atomic E-state index is 0.119. The lowest BCUT2D eigenvalue weighted by atomic mass is 10.0. The topological polar surface area (TPSA) is 58.6 Å². The van der Waals surface area contributed by atoms with Crippen LogP contribution in [0.3, 0.4) is 0 Å². The van der Waals surface area contributed by atoms with Crippen molar-refractivity contribution in [3.05, 3.63) is 28.8 Å². The smallest absolute Gasteiger partial charge is 0.225 e. The van der Waals surface area contributed by atoms with Gasteiger partial charge in [0.15, 0.2) is 0 Å². The first-order chi connectivity index (χ1) is 9.03. The van der Waals surface area contributed by atoms with Gasteiger partial charge in [0, 0.05) is 12.1 Å². The van der Waals surface area contributed by atoms with E-state index in [2.05, 4.69) is 5.32 Å². The van der Waals surface area contributed by atoms with Crippen LogP contribution in [0, 0.1) is 19.8 Å². The highest BCUT2D eigenvalue weighted by atomic mass is 16.5. The quantitative estimate of drug-likeness (QED) is 0.826. The molecule has 0 fully saturated rings. The van der Waals surface area contributed by atoms with Crippen molar-refractivity contribution in [3.63, 3.8) is 0 Å². The molecule has 1 aromatic carbocycles. The number of carbonyl (C=O) groups is 1. The Balaban J connectivity index is 2.80. The van der Waals surface area contributed by atoms with Crippen LogP contribution in [-0.4, -0.2) is 24.7 Å². The zero-order valence-corrected chi connectivity index (χ0v) is 12.1. The monoisotopic (exact) mass is 265 g/mol. The Morgan fingerprint density at radius 3 is 2.63 bits per heavy atom. The normalized spacial score (nSPS) is 12.1. The fourth-order valence-electron chi connectivity index (χ4n) is 2.19. The van der Waals surface area contributed by atoms with Crippen LogP contribution < -0.4 is 10.1 Å². The molecule has 19 heavy (non-hydrogen) atoms. The number of aliphatic hydroxyl groups is 1. The second kappa shape index (κ2) is 7.14. The summed E-state index contributed by atoms with van der Waals surface area (Å²) in [6, 6.07) is 4.05. The Kier molecular flexibility index (Phi) is 5.83. The zero-order valence-electron chi connectivity index (χ0n) is 12.1. The summed E-state index contributed by atoms with van der Waals surface area (Å²) in [6.07, 6.45) is 0.631. The van der Waals surface area contributed by atoms with Crippen LogP contribution in [0.2, 0.25) is 0 Å². The Bertz CT molecular complexity index is 439. The highest BCUT2D eigenvalue weighted by molar-refractivity contribution is 5.78. The van der Waals surface area contributed by atoms with E-state index in [4.69, 9.17) is 9.84 Å². The molecule has 0 saturated carbocycles. The average molecular weight is 265 g/mol. The van der Waals surface area contributed by atoms with E-state index in [1.807, 2.05) is 32.9 Å². The van der Waals surface area contributed by atoms with Gasteiger partial charge in [-0.15, -0.1) is 0 Å². The number of nitrogens with one attached hydrogen (secondary N) is 1. The number of benzene rings is 1. The number of aliphatic hydroxyl groups excluding tert-OH is 1. The molecular formula is C15H23NO3. The van der Waals surface area contributed by atoms with Crippen LogP contribution in [0.4, 0.5) is 0 Å². The van der Waals surface area contributed by atoms with Gasteiger partial charge in [0.2, 0.25) is 5.91 Å². The van der Waals surface area contributed by atoms with E-state index < -0.39 is 0 Å². The Hall–Kier alpha value is -1.55. The van der Waals surface area contributed by atoms with E-state index in [9.17, 15) is 4.79 Å². The summed E-state index contributed by atoms with van der Waals surface area (Å²) in [5.41, 5.74) is 3.15. The highest BCUT2D eigenvalue weighted by Crippen LogP contribution is 2.24. The number of hydrogen-bond donors (Lipinski definition) is 2. The molecule has 0 saturated heterocycles. The van der Waals surface area contributed by atoms with Crippen LogP contribution in [0.1, 0.15) is 30.0 Å². The molecule has 106 valence electrons. The van der Waals surface area contributed by atoms with E-state index in [-0.39, 0.29) is 18.4 Å². The van der Waals surface area contributed by atoms with Crippen LogP contribution in [0.25, 0.3) is 0 Å². The standard InChI is InChI=1S/C15H23NO3/c1-5-12(9-17)15(18)16-8-13-7-10(2)6-11(3)14(13)19-4/h6-7,12,17H,5,8-9H2,1-4H3,(H,16,18). The molecule has 1 atom stereocenters. The number of hydrogen-bond acceptors (Lipinski definition) is 3. The van der Waals surface area contributed by atoms with Crippen LogP contribution in [-0.2, 0) is 11.3 Å². The van der Waals surface area contributed by atoms with Crippen molar-refractivity contribution in [3.8, 4) is 5.75 Å². The first kappa shape index (κ1) is 15.5. The molecule has 2 N–H and O–H groups in total. The average Bonchev–Trinajstić information content (AvgIpc) is 2.37. The molecule has 0 aliphatic carbocycles. The van der Waals surface area contributed by atoms with Gasteiger partial charge in [0.25, 0.3) is 0 Å². The molecule has 4 heteroatoms. The molecule has 0 bridgehead atoms. The van der Waals surface area contributed by atoms with E-state index in [1.165, 1.54) is 0 Å². The van der Waals surface area contributed by atoms with Crippen molar-refractivity contribution in [2.24, 2.45) is 5.92 Å². The van der Waals surface area contributed by atoms with Gasteiger partial charge in [-0.2, -0.15) is 0 Å². The maximum atomic E-state index is 11.8. The van der Waals surface area contributed by atoms with Crippen LogP contribution >= 0.6 is 0 Å². The third kappa shape index (κ3) is 3.96. The fraction of sp³-hybridized carbons (Fsp3) is 0.533. The van der Waals surface area contributed by atoms with Gasteiger partial charge in [-0.3, -0.25) is 4.79 Å². The molecule has 0 aliphatic rings. The van der Waals surface area contributed by atoms with E-state index in [0.717, 1.165) is 22.4 Å². The first-order valence-electron chi connectivity index (χ1n) is 6.56. The van der Waals surface area contributed by atoms with Crippen molar-refractivity contribution in [2.45, 2.75) is 33.7 Å². The minimum atomic E-state index is -0.336. The molecule has 0 aliphatic heterocycles. The summed E-state index contributed by atoms with van der Waals surface area (Å²) < 4.78 is 5.38. The largest absolute Gasteiger partial charge is 0.496 e. The molecule has 0 heterocycles. The van der Waals surface area contributed by atoms with Crippen LogP contribution in [0.5, 0.6) is 5.75 Å². The van der Waals surface area contributed by atoms with Gasteiger partial charge in [-0.1, -0.05) is 24.6 Å². The minimum Gasteiger partial charge on any atom is -0.496 e. The predicted molar refractivity (Wildman–Crippen MR) is 75.2 cm³/mol. The second-order valence-corrected chi connectivity index (χ2v) is 4.78. The molecule has 1 amide bonds. The third-order valence-corrected chi connectivity index (χ3v) is 3.24. The number of ether oxygens (including phenoxy) is 1. The summed E-state index contributed by atoms with van der Waals surface area (Å²) in [7, 11) is 1.63. The molecular weight excluding hydrogens is 242 g/mol. The van der Waals surface area contributed by atoms with Crippen molar-refractivity contribution in [2.75, 3.05) is 13.7 Å². The highest BCUT2D eigenvalue weighted by Gasteiger charge is 2.16. The van der Waals surface area contributed by atoms with Gasteiger partial charge in [0.05, 0.1) is 19.6 Å². The summed E-state index contributed by atoms with van der Waals surface area (Å²) in [6.45, 7) is 6.19. The van der Waals surface area contributed by atoms with Crippen molar-refractivity contribution >= 4 is 5.91 Å². The third-order valence-electron chi connectivity index (χ3n) is 3.24. The van der Waals surface area contributed by atoms with Gasteiger partial charge in [-0.05, 0) is 25.8 Å². The lowest BCUT2D eigenvalue weighted by Gasteiger charge is -2.16. The first-order valence-corrected chi connectivity index (χ1v) is 6.56. The fourth-order valence-corrected chi connectivity index (χ4v) is 2.19. The maximum absolute atomic E-state index is 11.8. The summed E-state index contributed by atoms with van der Waals surface area (Å²) >= 11 is 0. The lowest BCUT2D eigenvalue weighted by Crippen LogP contribution is -2.32. The second-order valence-electron chi connectivity index (χ2n) is 4.78. The molecule has 1 aromatic rings. The van der Waals surface area contributed by atoms with Crippen molar-refractivity contribution in [1.29, 1.82) is 0 Å². The molecule has 1 rings (SSSR count). The number of amides is 1. The van der Waals surface area contributed by atoms with E-state index in [1.54, 1.807) is 7.11 Å². The van der Waals surface area contributed by atoms with Crippen LogP contribution in [0.15, 0.2) is 12.1 Å². The summed E-state index contributed by atoms with van der Waals surface area (Å²) in [5.74, 6) is 0.353. The van der Waals surface area contributed by atoms with Crippen molar-refractivity contribution in [1.82, 2.24) is 5.32 Å². The molecule has 0 spiro atoms. The van der Waals surface area contributed by atoms with E-state index in [0.29, 0.717) is 13.0 Å².